The molecule has 6 nitrogen and oxygen atoms in total. The van der Waals surface area contributed by atoms with Crippen LogP contribution in [0.1, 0.15) is 316 Å². The number of esters is 3. The zero-order valence-electron chi connectivity index (χ0n) is 42.6. The van der Waals surface area contributed by atoms with E-state index in [1.165, 1.54) is 218 Å². The first-order valence-electron chi connectivity index (χ1n) is 28.2. The SMILES string of the molecule is CCCCCCCC/C=C\CCCCCCCCCC(=O)OC[C@H](COC(=O)CCCCCCCCCCCCCCCCC)OC(=O)CCCCCCCCCCCCCCC. The van der Waals surface area contributed by atoms with Gasteiger partial charge in [0.2, 0.25) is 0 Å². The molecule has 0 aromatic carbocycles. The Bertz CT molecular complexity index is 978. The van der Waals surface area contributed by atoms with Crippen LogP contribution >= 0.6 is 0 Å². The van der Waals surface area contributed by atoms with Gasteiger partial charge in [-0.15, -0.1) is 0 Å². The molecule has 0 bridgehead atoms. The predicted octanol–water partition coefficient (Wildman–Crippen LogP) is 18.5. The van der Waals surface area contributed by atoms with E-state index in [9.17, 15) is 14.4 Å². The number of carbonyl (C=O) groups excluding carboxylic acids is 3. The fourth-order valence-electron chi connectivity index (χ4n) is 8.50. The van der Waals surface area contributed by atoms with Crippen molar-refractivity contribution in [3.8, 4) is 0 Å². The van der Waals surface area contributed by atoms with E-state index in [1.807, 2.05) is 0 Å². The summed E-state index contributed by atoms with van der Waals surface area (Å²) >= 11 is 0. The molecule has 0 aromatic rings. The molecule has 6 heteroatoms. The smallest absolute Gasteiger partial charge is 0.306 e. The molecule has 0 rings (SSSR count). The number of unbranched alkanes of at least 4 members (excludes halogenated alkanes) is 39. The summed E-state index contributed by atoms with van der Waals surface area (Å²) in [7, 11) is 0. The first-order valence-corrected chi connectivity index (χ1v) is 28.2. The lowest BCUT2D eigenvalue weighted by atomic mass is 10.0. The van der Waals surface area contributed by atoms with Crippen molar-refractivity contribution >= 4 is 17.9 Å². The maximum Gasteiger partial charge on any atom is 0.306 e. The van der Waals surface area contributed by atoms with Crippen molar-refractivity contribution < 1.29 is 28.6 Å². The minimum absolute atomic E-state index is 0.0654. The van der Waals surface area contributed by atoms with Crippen molar-refractivity contribution in [1.82, 2.24) is 0 Å². The molecule has 0 radical (unpaired) electrons. The molecule has 0 saturated heterocycles. The van der Waals surface area contributed by atoms with Gasteiger partial charge in [-0.25, -0.2) is 0 Å². The van der Waals surface area contributed by atoms with Crippen LogP contribution in [0.25, 0.3) is 0 Å². The van der Waals surface area contributed by atoms with Gasteiger partial charge in [-0.3, -0.25) is 14.4 Å². The maximum atomic E-state index is 12.8. The molecule has 0 saturated carbocycles. The monoisotopic (exact) mass is 889 g/mol. The average molecular weight is 889 g/mol. The highest BCUT2D eigenvalue weighted by Crippen LogP contribution is 2.17. The van der Waals surface area contributed by atoms with E-state index in [4.69, 9.17) is 14.2 Å². The van der Waals surface area contributed by atoms with Gasteiger partial charge in [0, 0.05) is 19.3 Å². The molecule has 372 valence electrons. The van der Waals surface area contributed by atoms with Gasteiger partial charge in [0.05, 0.1) is 0 Å². The Morgan fingerprint density at radius 3 is 0.794 bits per heavy atom. The molecule has 0 aliphatic heterocycles. The van der Waals surface area contributed by atoms with Crippen LogP contribution in [0.3, 0.4) is 0 Å². The Hall–Kier alpha value is -1.85. The first kappa shape index (κ1) is 61.1. The summed E-state index contributed by atoms with van der Waals surface area (Å²) in [6.45, 7) is 6.68. The van der Waals surface area contributed by atoms with E-state index < -0.39 is 6.10 Å². The molecular formula is C57H108O6. The van der Waals surface area contributed by atoms with E-state index in [2.05, 4.69) is 32.9 Å². The lowest BCUT2D eigenvalue weighted by molar-refractivity contribution is -0.167. The minimum atomic E-state index is -0.765. The molecule has 0 amide bonds. The largest absolute Gasteiger partial charge is 0.462 e. The number of carbonyl (C=O) groups is 3. The van der Waals surface area contributed by atoms with Crippen LogP contribution in [0.2, 0.25) is 0 Å². The lowest BCUT2D eigenvalue weighted by Gasteiger charge is -2.18. The molecule has 0 aromatic heterocycles. The lowest BCUT2D eigenvalue weighted by Crippen LogP contribution is -2.30. The van der Waals surface area contributed by atoms with Gasteiger partial charge in [-0.05, 0) is 44.9 Å². The normalized spacial score (nSPS) is 12.0. The third kappa shape index (κ3) is 51.0. The Balaban J connectivity index is 4.31. The highest BCUT2D eigenvalue weighted by molar-refractivity contribution is 5.71. The minimum Gasteiger partial charge on any atom is -0.462 e. The van der Waals surface area contributed by atoms with Crippen LogP contribution in [-0.4, -0.2) is 37.2 Å². The Kier molecular flexibility index (Phi) is 51.2. The first-order chi connectivity index (χ1) is 31.0. The van der Waals surface area contributed by atoms with Gasteiger partial charge in [0.25, 0.3) is 0 Å². The van der Waals surface area contributed by atoms with E-state index >= 15 is 0 Å². The number of hydrogen-bond acceptors (Lipinski definition) is 6. The van der Waals surface area contributed by atoms with E-state index in [-0.39, 0.29) is 31.1 Å². The van der Waals surface area contributed by atoms with E-state index in [0.29, 0.717) is 19.3 Å². The molecular weight excluding hydrogens is 781 g/mol. The highest BCUT2D eigenvalue weighted by atomic mass is 16.6. The summed E-state index contributed by atoms with van der Waals surface area (Å²) < 4.78 is 16.9. The van der Waals surface area contributed by atoms with Gasteiger partial charge in [0.1, 0.15) is 13.2 Å². The van der Waals surface area contributed by atoms with Crippen molar-refractivity contribution in [3.05, 3.63) is 12.2 Å². The second kappa shape index (κ2) is 52.8. The van der Waals surface area contributed by atoms with E-state index in [1.54, 1.807) is 0 Å². The Morgan fingerprint density at radius 1 is 0.302 bits per heavy atom. The van der Waals surface area contributed by atoms with Crippen LogP contribution in [0.4, 0.5) is 0 Å². The second-order valence-electron chi connectivity index (χ2n) is 19.2. The fourth-order valence-corrected chi connectivity index (χ4v) is 8.50. The molecule has 0 heterocycles. The van der Waals surface area contributed by atoms with Crippen LogP contribution < -0.4 is 0 Å². The molecule has 0 aliphatic rings. The van der Waals surface area contributed by atoms with Crippen LogP contribution in [0, 0.1) is 0 Å². The van der Waals surface area contributed by atoms with Gasteiger partial charge in [0.15, 0.2) is 6.10 Å². The second-order valence-corrected chi connectivity index (χ2v) is 19.2. The average Bonchev–Trinajstić information content (AvgIpc) is 3.28. The summed E-state index contributed by atoms with van der Waals surface area (Å²) in [5.74, 6) is -0.847. The van der Waals surface area contributed by atoms with Crippen molar-refractivity contribution in [2.75, 3.05) is 13.2 Å². The number of allylic oxidation sites excluding steroid dienone is 2. The van der Waals surface area contributed by atoms with Crippen molar-refractivity contribution in [3.63, 3.8) is 0 Å². The molecule has 0 spiro atoms. The summed E-state index contributed by atoms with van der Waals surface area (Å²) in [4.78, 5) is 38.1. The molecule has 0 unspecified atom stereocenters. The topological polar surface area (TPSA) is 78.9 Å². The van der Waals surface area contributed by atoms with Gasteiger partial charge in [-0.1, -0.05) is 264 Å². The van der Waals surface area contributed by atoms with Crippen molar-refractivity contribution in [2.24, 2.45) is 0 Å². The predicted molar refractivity (Wildman–Crippen MR) is 270 cm³/mol. The van der Waals surface area contributed by atoms with Crippen LogP contribution in [0.5, 0.6) is 0 Å². The zero-order valence-corrected chi connectivity index (χ0v) is 42.6. The number of ether oxygens (including phenoxy) is 3. The third-order valence-electron chi connectivity index (χ3n) is 12.8. The Labute approximate surface area is 392 Å². The van der Waals surface area contributed by atoms with Crippen molar-refractivity contribution in [1.29, 1.82) is 0 Å². The van der Waals surface area contributed by atoms with E-state index in [0.717, 1.165) is 57.8 Å². The molecule has 0 fully saturated rings. The van der Waals surface area contributed by atoms with Crippen molar-refractivity contribution in [2.45, 2.75) is 322 Å². The summed E-state index contributed by atoms with van der Waals surface area (Å²) in [5, 5.41) is 0. The highest BCUT2D eigenvalue weighted by Gasteiger charge is 2.19. The zero-order chi connectivity index (χ0) is 45.8. The van der Waals surface area contributed by atoms with Crippen LogP contribution in [0.15, 0.2) is 12.2 Å². The third-order valence-corrected chi connectivity index (χ3v) is 12.8. The molecule has 0 aliphatic carbocycles. The number of rotatable bonds is 52. The Morgan fingerprint density at radius 2 is 0.524 bits per heavy atom. The summed E-state index contributed by atoms with van der Waals surface area (Å²) in [6.07, 6.45) is 59.1. The van der Waals surface area contributed by atoms with Gasteiger partial charge < -0.3 is 14.2 Å². The molecule has 1 atom stereocenters. The maximum absolute atomic E-state index is 12.8. The van der Waals surface area contributed by atoms with Crippen LogP contribution in [-0.2, 0) is 28.6 Å². The summed E-state index contributed by atoms with van der Waals surface area (Å²) in [5.41, 5.74) is 0. The summed E-state index contributed by atoms with van der Waals surface area (Å²) in [6, 6.07) is 0. The quantitative estimate of drug-likeness (QED) is 0.0262. The fraction of sp³-hybridized carbons (Fsp3) is 0.912. The number of hydrogen-bond donors (Lipinski definition) is 0. The molecule has 63 heavy (non-hydrogen) atoms. The van der Waals surface area contributed by atoms with Gasteiger partial charge in [-0.2, -0.15) is 0 Å². The molecule has 0 N–H and O–H groups in total. The standard InChI is InChI=1S/C57H108O6/c1-4-7-10-13-16-19-22-25-27-28-30-33-35-38-41-44-47-50-56(59)62-53-54(63-57(60)51-48-45-42-39-36-31-24-21-18-15-12-9-6-3)52-61-55(58)49-46-43-40-37-34-32-29-26-23-20-17-14-11-8-5-2/h25,27,54H,4-24,26,28-53H2,1-3H3/b27-25-/t54-/m0/s1. The van der Waals surface area contributed by atoms with Gasteiger partial charge >= 0.3 is 17.9 Å².